The highest BCUT2D eigenvalue weighted by Gasteiger charge is 2.29. The van der Waals surface area contributed by atoms with Crippen molar-refractivity contribution in [2.24, 2.45) is 0 Å². The van der Waals surface area contributed by atoms with Gasteiger partial charge in [-0.2, -0.15) is 0 Å². The summed E-state index contributed by atoms with van der Waals surface area (Å²) in [6, 6.07) is 17.8. The number of benzene rings is 2. The van der Waals surface area contributed by atoms with Crippen LogP contribution < -0.4 is 4.74 Å². The number of hydrogen-bond donors (Lipinski definition) is 0. The van der Waals surface area contributed by atoms with Crippen LogP contribution in [0.4, 0.5) is 0 Å². The topological polar surface area (TPSA) is 13.6 Å². The third-order valence-corrected chi connectivity index (χ3v) is 3.06. The monoisotopic (exact) mass is 251 g/mol. The van der Waals surface area contributed by atoms with E-state index >= 15 is 0 Å². The van der Waals surface area contributed by atoms with Crippen molar-refractivity contribution in [3.63, 3.8) is 0 Å². The second kappa shape index (κ2) is 5.58. The lowest BCUT2D eigenvalue weighted by Crippen LogP contribution is -2.13. The molecular weight excluding hydrogens is 234 g/mol. The SMILES string of the molecule is [C-]#[N+]C(C)(C)c1ccccc1OCc1ccccc1. The van der Waals surface area contributed by atoms with Gasteiger partial charge in [0.05, 0.1) is 5.56 Å². The Labute approximate surface area is 114 Å². The van der Waals surface area contributed by atoms with Gasteiger partial charge in [0.1, 0.15) is 12.4 Å². The fraction of sp³-hybridized carbons (Fsp3) is 0.235. The average molecular weight is 251 g/mol. The van der Waals surface area contributed by atoms with Crippen LogP contribution >= 0.6 is 0 Å². The molecule has 2 aromatic rings. The highest BCUT2D eigenvalue weighted by atomic mass is 16.5. The third kappa shape index (κ3) is 3.14. The number of ether oxygens (including phenoxy) is 1. The first kappa shape index (κ1) is 13.2. The Bertz CT molecular complexity index is 582. The van der Waals surface area contributed by atoms with E-state index in [0.29, 0.717) is 6.61 Å². The van der Waals surface area contributed by atoms with Crippen LogP contribution in [-0.4, -0.2) is 0 Å². The van der Waals surface area contributed by atoms with Gasteiger partial charge in [-0.05, 0) is 17.7 Å². The minimum absolute atomic E-state index is 0.520. The number of hydrogen-bond acceptors (Lipinski definition) is 1. The van der Waals surface area contributed by atoms with Gasteiger partial charge >= 0.3 is 0 Å². The van der Waals surface area contributed by atoms with Gasteiger partial charge in [-0.15, -0.1) is 0 Å². The average Bonchev–Trinajstić information content (AvgIpc) is 2.46. The number of nitrogens with zero attached hydrogens (tertiary/aromatic N) is 1. The molecule has 0 aliphatic heterocycles. The Morgan fingerprint density at radius 2 is 1.63 bits per heavy atom. The Balaban J connectivity index is 2.20. The maximum absolute atomic E-state index is 7.31. The van der Waals surface area contributed by atoms with Gasteiger partial charge < -0.3 is 9.58 Å². The minimum atomic E-state index is -0.562. The molecule has 2 rings (SSSR count). The summed E-state index contributed by atoms with van der Waals surface area (Å²) in [7, 11) is 0. The fourth-order valence-electron chi connectivity index (χ4n) is 1.89. The molecule has 0 spiro atoms. The molecule has 0 aliphatic carbocycles. The second-order valence-electron chi connectivity index (χ2n) is 4.94. The van der Waals surface area contributed by atoms with Crippen LogP contribution in [0.3, 0.4) is 0 Å². The maximum Gasteiger partial charge on any atom is 0.255 e. The molecule has 0 fully saturated rings. The molecule has 0 saturated carbocycles. The van der Waals surface area contributed by atoms with Crippen molar-refractivity contribution in [2.75, 3.05) is 0 Å². The minimum Gasteiger partial charge on any atom is -0.488 e. The molecule has 0 aromatic heterocycles. The summed E-state index contributed by atoms with van der Waals surface area (Å²) in [4.78, 5) is 3.68. The highest BCUT2D eigenvalue weighted by Crippen LogP contribution is 2.32. The molecule has 96 valence electrons. The van der Waals surface area contributed by atoms with E-state index in [9.17, 15) is 0 Å². The second-order valence-corrected chi connectivity index (χ2v) is 4.94. The van der Waals surface area contributed by atoms with Crippen LogP contribution in [0, 0.1) is 6.57 Å². The van der Waals surface area contributed by atoms with Crippen molar-refractivity contribution < 1.29 is 4.74 Å². The van der Waals surface area contributed by atoms with Gasteiger partial charge in [-0.1, -0.05) is 42.5 Å². The molecule has 2 nitrogen and oxygen atoms in total. The molecule has 0 bridgehead atoms. The molecule has 0 heterocycles. The first-order valence-electron chi connectivity index (χ1n) is 6.28. The van der Waals surface area contributed by atoms with Crippen molar-refractivity contribution in [1.82, 2.24) is 0 Å². The van der Waals surface area contributed by atoms with E-state index < -0.39 is 5.54 Å². The predicted octanol–water partition coefficient (Wildman–Crippen LogP) is 4.42. The molecule has 0 amide bonds. The smallest absolute Gasteiger partial charge is 0.255 e. The van der Waals surface area contributed by atoms with Crippen LogP contribution in [0.5, 0.6) is 5.75 Å². The summed E-state index contributed by atoms with van der Waals surface area (Å²) >= 11 is 0. The van der Waals surface area contributed by atoms with Gasteiger partial charge in [0.25, 0.3) is 5.54 Å². The predicted molar refractivity (Wildman–Crippen MR) is 76.8 cm³/mol. The Morgan fingerprint density at radius 1 is 1.00 bits per heavy atom. The molecular formula is C17H17NO. The quantitative estimate of drug-likeness (QED) is 0.733. The molecule has 0 atom stereocenters. The number of rotatable bonds is 4. The van der Waals surface area contributed by atoms with Crippen molar-refractivity contribution in [3.05, 3.63) is 77.1 Å². The van der Waals surface area contributed by atoms with Crippen LogP contribution in [0.1, 0.15) is 25.0 Å². The van der Waals surface area contributed by atoms with Gasteiger partial charge in [0.2, 0.25) is 0 Å². The van der Waals surface area contributed by atoms with E-state index in [4.69, 9.17) is 11.3 Å². The van der Waals surface area contributed by atoms with E-state index in [-0.39, 0.29) is 0 Å². The van der Waals surface area contributed by atoms with Crippen LogP contribution in [-0.2, 0) is 12.1 Å². The molecule has 2 heteroatoms. The van der Waals surface area contributed by atoms with Crippen molar-refractivity contribution in [2.45, 2.75) is 26.0 Å². The van der Waals surface area contributed by atoms with Gasteiger partial charge in [-0.3, -0.25) is 0 Å². The molecule has 2 aromatic carbocycles. The van der Waals surface area contributed by atoms with E-state index in [0.717, 1.165) is 16.9 Å². The number of para-hydroxylation sites is 1. The normalized spacial score (nSPS) is 10.8. The first-order valence-corrected chi connectivity index (χ1v) is 6.28. The zero-order valence-corrected chi connectivity index (χ0v) is 11.3. The molecule has 0 N–H and O–H groups in total. The van der Waals surface area contributed by atoms with Crippen LogP contribution in [0.25, 0.3) is 4.85 Å². The standard InChI is InChI=1S/C17H17NO/c1-17(2,18-3)15-11-7-8-12-16(15)19-13-14-9-5-4-6-10-14/h4-12H,13H2,1-2H3. The highest BCUT2D eigenvalue weighted by molar-refractivity contribution is 5.40. The molecule has 19 heavy (non-hydrogen) atoms. The first-order chi connectivity index (χ1) is 9.13. The van der Waals surface area contributed by atoms with Gasteiger partial charge in [0, 0.05) is 13.8 Å². The van der Waals surface area contributed by atoms with Gasteiger partial charge in [0.15, 0.2) is 0 Å². The van der Waals surface area contributed by atoms with E-state index in [2.05, 4.69) is 4.85 Å². The van der Waals surface area contributed by atoms with E-state index in [1.807, 2.05) is 68.4 Å². The zero-order chi connectivity index (χ0) is 13.7. The Morgan fingerprint density at radius 3 is 2.32 bits per heavy atom. The summed E-state index contributed by atoms with van der Waals surface area (Å²) in [5.41, 5.74) is 1.49. The third-order valence-electron chi connectivity index (χ3n) is 3.06. The lowest BCUT2D eigenvalue weighted by Gasteiger charge is -2.16. The largest absolute Gasteiger partial charge is 0.488 e. The van der Waals surface area contributed by atoms with E-state index in [1.165, 1.54) is 0 Å². The maximum atomic E-state index is 7.31. The Hall–Kier alpha value is -2.27. The molecule has 0 unspecified atom stereocenters. The van der Waals surface area contributed by atoms with Gasteiger partial charge in [-0.25, -0.2) is 6.57 Å². The zero-order valence-electron chi connectivity index (χ0n) is 11.3. The summed E-state index contributed by atoms with van der Waals surface area (Å²) in [6.07, 6.45) is 0. The lowest BCUT2D eigenvalue weighted by atomic mass is 9.94. The lowest BCUT2D eigenvalue weighted by molar-refractivity contribution is 0.299. The fourth-order valence-corrected chi connectivity index (χ4v) is 1.89. The van der Waals surface area contributed by atoms with Crippen molar-refractivity contribution >= 4 is 0 Å². The molecule has 0 radical (unpaired) electrons. The Kier molecular flexibility index (Phi) is 3.87. The van der Waals surface area contributed by atoms with Crippen LogP contribution in [0.15, 0.2) is 54.6 Å². The molecule has 0 saturated heterocycles. The summed E-state index contributed by atoms with van der Waals surface area (Å²) in [5, 5.41) is 0. The summed E-state index contributed by atoms with van der Waals surface area (Å²) < 4.78 is 5.87. The summed E-state index contributed by atoms with van der Waals surface area (Å²) in [6.45, 7) is 11.6. The summed E-state index contributed by atoms with van der Waals surface area (Å²) in [5.74, 6) is 0.785. The molecule has 0 aliphatic rings. The van der Waals surface area contributed by atoms with Crippen LogP contribution in [0.2, 0.25) is 0 Å². The van der Waals surface area contributed by atoms with E-state index in [1.54, 1.807) is 0 Å². The van der Waals surface area contributed by atoms with Crippen molar-refractivity contribution in [1.29, 1.82) is 0 Å². The van der Waals surface area contributed by atoms with Crippen molar-refractivity contribution in [3.8, 4) is 5.75 Å².